The van der Waals surface area contributed by atoms with Crippen LogP contribution in [0.15, 0.2) is 48.5 Å². The van der Waals surface area contributed by atoms with Gasteiger partial charge in [0.05, 0.1) is 0 Å². The molecule has 1 aliphatic heterocycles. The maximum absolute atomic E-state index is 12.1. The summed E-state index contributed by atoms with van der Waals surface area (Å²) in [4.78, 5) is 2.19. The number of anilines is 2. The fourth-order valence-corrected chi connectivity index (χ4v) is 5.34. The van der Waals surface area contributed by atoms with Crippen molar-refractivity contribution in [3.63, 3.8) is 0 Å². The molecule has 0 aliphatic carbocycles. The van der Waals surface area contributed by atoms with Gasteiger partial charge in [-0.3, -0.25) is 0 Å². The van der Waals surface area contributed by atoms with E-state index in [-0.39, 0.29) is 0 Å². The van der Waals surface area contributed by atoms with E-state index in [1.54, 1.807) is 0 Å². The van der Waals surface area contributed by atoms with Crippen molar-refractivity contribution >= 4 is 41.3 Å². The van der Waals surface area contributed by atoms with Gasteiger partial charge >= 0.3 is 127 Å². The third kappa shape index (κ3) is 2.73. The first-order chi connectivity index (χ1) is 9.75. The van der Waals surface area contributed by atoms with E-state index in [2.05, 4.69) is 10.2 Å². The number of rotatable bonds is 4. The van der Waals surface area contributed by atoms with E-state index in [9.17, 15) is 3.83 Å². The quantitative estimate of drug-likeness (QED) is 0.857. The monoisotopic (exact) mass is 354 g/mol. The van der Waals surface area contributed by atoms with Crippen LogP contribution in [0.1, 0.15) is 0 Å². The fourth-order valence-electron chi connectivity index (χ4n) is 2.31. The fraction of sp³-hybridized carbons (Fsp3) is 0.200. The molecule has 0 aromatic heterocycles. The molecule has 1 atom stereocenters. The second-order valence-corrected chi connectivity index (χ2v) is 7.93. The summed E-state index contributed by atoms with van der Waals surface area (Å²) in [6, 6.07) is 15.7. The summed E-state index contributed by atoms with van der Waals surface area (Å²) >= 11 is 4.23. The van der Waals surface area contributed by atoms with Crippen molar-refractivity contribution in [2.45, 2.75) is 0 Å². The Bertz CT molecular complexity index is 647. The number of fused-ring (bicyclic) bond motifs is 1. The van der Waals surface area contributed by atoms with Crippen LogP contribution in [0.5, 0.6) is 0 Å². The predicted octanol–water partition coefficient (Wildman–Crippen LogP) is 2.44. The van der Waals surface area contributed by atoms with Gasteiger partial charge < -0.3 is 0 Å². The Balaban J connectivity index is 1.63. The average Bonchev–Trinajstić information content (AvgIpc) is 2.78. The van der Waals surface area contributed by atoms with E-state index < -0.39 is 13.8 Å². The molecule has 0 amide bonds. The number of hydrogen-bond acceptors (Lipinski definition) is 3. The molecule has 20 heavy (non-hydrogen) atoms. The Morgan fingerprint density at radius 2 is 1.90 bits per heavy atom. The van der Waals surface area contributed by atoms with Crippen LogP contribution in [-0.4, -0.2) is 32.4 Å². The Hall–Kier alpha value is -1.35. The summed E-state index contributed by atoms with van der Waals surface area (Å²) in [5, 5.41) is 4.05. The maximum atomic E-state index is 12.1. The van der Waals surface area contributed by atoms with Crippen molar-refractivity contribution in [1.82, 2.24) is 0 Å². The van der Waals surface area contributed by atoms with E-state index in [1.165, 1.54) is 0 Å². The van der Waals surface area contributed by atoms with Crippen LogP contribution >= 0.6 is 11.6 Å². The van der Waals surface area contributed by atoms with Crippen LogP contribution in [0.2, 0.25) is 5.02 Å². The van der Waals surface area contributed by atoms with Gasteiger partial charge in [0.15, 0.2) is 0 Å². The van der Waals surface area contributed by atoms with Crippen molar-refractivity contribution in [3.8, 4) is 0 Å². The van der Waals surface area contributed by atoms with E-state index in [1.807, 2.05) is 48.5 Å². The van der Waals surface area contributed by atoms with Crippen LogP contribution in [0.3, 0.4) is 0 Å². The molecule has 1 unspecified atom stereocenters. The molecule has 3 rings (SSSR count). The molecule has 0 fully saturated rings. The summed E-state index contributed by atoms with van der Waals surface area (Å²) in [5.41, 5.74) is 2.73. The van der Waals surface area contributed by atoms with Gasteiger partial charge in [0.1, 0.15) is 0 Å². The van der Waals surface area contributed by atoms with E-state index >= 15 is 0 Å². The number of nitrogens with zero attached hydrogens (tertiary/aromatic N) is 1. The van der Waals surface area contributed by atoms with Crippen LogP contribution in [0.4, 0.5) is 11.4 Å². The Morgan fingerprint density at radius 3 is 2.75 bits per heavy atom. The molecule has 0 radical (unpaired) electrons. The van der Waals surface area contributed by atoms with Gasteiger partial charge in [-0.1, -0.05) is 0 Å². The van der Waals surface area contributed by atoms with E-state index in [4.69, 9.17) is 11.6 Å². The van der Waals surface area contributed by atoms with Crippen LogP contribution in [-0.2, 0) is 3.83 Å². The third-order valence-electron chi connectivity index (χ3n) is 3.30. The molecule has 0 saturated heterocycles. The molecule has 0 bridgehead atoms. The Morgan fingerprint density at radius 1 is 1.15 bits per heavy atom. The van der Waals surface area contributed by atoms with Crippen molar-refractivity contribution in [2.75, 3.05) is 28.7 Å². The van der Waals surface area contributed by atoms with Gasteiger partial charge in [-0.05, 0) is 0 Å². The molecular formula is C15H15ClN2OSe. The van der Waals surface area contributed by atoms with Crippen LogP contribution in [0.25, 0.3) is 0 Å². The van der Waals surface area contributed by atoms with E-state index in [0.29, 0.717) is 5.44 Å². The first-order valence-corrected chi connectivity index (χ1v) is 9.61. The second-order valence-electron chi connectivity index (χ2n) is 4.61. The molecule has 2 aromatic carbocycles. The Kier molecular flexibility index (Phi) is 4.06. The topological polar surface area (TPSA) is 32.3 Å². The predicted molar refractivity (Wildman–Crippen MR) is 84.7 cm³/mol. The summed E-state index contributed by atoms with van der Waals surface area (Å²) in [7, 11) is 0. The minimum atomic E-state index is -1.87. The van der Waals surface area contributed by atoms with Crippen molar-refractivity contribution in [1.29, 1.82) is 0 Å². The molecule has 2 aromatic rings. The van der Waals surface area contributed by atoms with E-state index in [0.717, 1.165) is 33.9 Å². The summed E-state index contributed by atoms with van der Waals surface area (Å²) < 4.78 is 13.1. The zero-order valence-electron chi connectivity index (χ0n) is 10.9. The normalized spacial score (nSPS) is 17.1. The molecule has 1 heterocycles. The van der Waals surface area contributed by atoms with Gasteiger partial charge in [0.2, 0.25) is 0 Å². The summed E-state index contributed by atoms with van der Waals surface area (Å²) in [5.74, 6) is 0. The zero-order chi connectivity index (χ0) is 13.9. The first-order valence-electron chi connectivity index (χ1n) is 6.46. The molecule has 1 N–H and O–H groups in total. The van der Waals surface area contributed by atoms with Gasteiger partial charge in [-0.2, -0.15) is 0 Å². The standard InChI is InChI=1S/C15H15ClN2OSe/c16-12-5-1-2-6-13(12)17-9-10-18-11-20(19)15-8-4-3-7-14(15)18/h1-8,17H,9-11H2. The molecule has 104 valence electrons. The molecule has 5 heteroatoms. The Labute approximate surface area is 127 Å². The van der Waals surface area contributed by atoms with Gasteiger partial charge in [0, 0.05) is 0 Å². The number of para-hydroxylation sites is 2. The van der Waals surface area contributed by atoms with Crippen LogP contribution < -0.4 is 14.7 Å². The number of benzene rings is 2. The van der Waals surface area contributed by atoms with Crippen molar-refractivity contribution in [3.05, 3.63) is 53.6 Å². The zero-order valence-corrected chi connectivity index (χ0v) is 13.4. The number of halogens is 1. The average molecular weight is 354 g/mol. The van der Waals surface area contributed by atoms with Gasteiger partial charge in [-0.15, -0.1) is 0 Å². The number of hydrogen-bond donors (Lipinski definition) is 1. The summed E-state index contributed by atoms with van der Waals surface area (Å²) in [6.45, 7) is 1.60. The summed E-state index contributed by atoms with van der Waals surface area (Å²) in [6.07, 6.45) is 0. The number of nitrogens with one attached hydrogen (secondary N) is 1. The first kappa shape index (κ1) is 13.6. The molecule has 0 spiro atoms. The second kappa shape index (κ2) is 5.96. The molecule has 0 saturated carbocycles. The minimum absolute atomic E-state index is 0.670. The van der Waals surface area contributed by atoms with Gasteiger partial charge in [0.25, 0.3) is 0 Å². The van der Waals surface area contributed by atoms with Gasteiger partial charge in [-0.25, -0.2) is 0 Å². The van der Waals surface area contributed by atoms with Crippen LogP contribution in [0, 0.1) is 0 Å². The SMILES string of the molecule is O=[Se]1CN(CCNc2ccccc2Cl)c2ccccc21. The third-order valence-corrected chi connectivity index (χ3v) is 6.52. The molecular weight excluding hydrogens is 339 g/mol. The van der Waals surface area contributed by atoms with Crippen molar-refractivity contribution in [2.24, 2.45) is 0 Å². The molecule has 3 nitrogen and oxygen atoms in total. The molecule has 1 aliphatic rings. The van der Waals surface area contributed by atoms with Crippen molar-refractivity contribution < 1.29 is 3.83 Å².